The van der Waals surface area contributed by atoms with Gasteiger partial charge in [0.1, 0.15) is 0 Å². The van der Waals surface area contributed by atoms with Gasteiger partial charge in [-0.3, -0.25) is 4.79 Å². The van der Waals surface area contributed by atoms with E-state index in [4.69, 9.17) is 0 Å². The van der Waals surface area contributed by atoms with Crippen molar-refractivity contribution < 1.29 is 4.79 Å². The van der Waals surface area contributed by atoms with E-state index in [2.05, 4.69) is 23.7 Å². The SMILES string of the molecule is CSCCN(C)C(=O)C1CNc2ccccc2C1. The first-order valence-corrected chi connectivity index (χ1v) is 7.67. The third-order valence-electron chi connectivity index (χ3n) is 3.38. The van der Waals surface area contributed by atoms with Gasteiger partial charge in [0.25, 0.3) is 0 Å². The molecule has 0 aromatic heterocycles. The summed E-state index contributed by atoms with van der Waals surface area (Å²) in [5.74, 6) is 1.33. The third kappa shape index (κ3) is 2.99. The summed E-state index contributed by atoms with van der Waals surface area (Å²) in [6.07, 6.45) is 2.92. The second-order valence-electron chi connectivity index (χ2n) is 4.69. The molecule has 1 aromatic carbocycles. The van der Waals surface area contributed by atoms with Crippen molar-refractivity contribution in [2.24, 2.45) is 5.92 Å². The summed E-state index contributed by atoms with van der Waals surface area (Å²) in [5, 5.41) is 3.35. The first kappa shape index (κ1) is 13.3. The molecule has 1 N–H and O–H groups in total. The minimum absolute atomic E-state index is 0.0757. The molecule has 1 aromatic rings. The number of carbonyl (C=O) groups is 1. The number of benzene rings is 1. The van der Waals surface area contributed by atoms with E-state index < -0.39 is 0 Å². The first-order chi connectivity index (χ1) is 8.72. The summed E-state index contributed by atoms with van der Waals surface area (Å²) >= 11 is 1.77. The average Bonchev–Trinajstić information content (AvgIpc) is 2.43. The molecule has 1 unspecified atom stereocenters. The summed E-state index contributed by atoms with van der Waals surface area (Å²) in [5.41, 5.74) is 2.42. The minimum atomic E-state index is 0.0757. The Labute approximate surface area is 113 Å². The Hall–Kier alpha value is -1.16. The predicted molar refractivity (Wildman–Crippen MR) is 78.1 cm³/mol. The van der Waals surface area contributed by atoms with Crippen LogP contribution in [-0.2, 0) is 11.2 Å². The van der Waals surface area contributed by atoms with Gasteiger partial charge < -0.3 is 10.2 Å². The van der Waals surface area contributed by atoms with Crippen LogP contribution in [0.3, 0.4) is 0 Å². The number of rotatable bonds is 4. The molecule has 0 saturated carbocycles. The lowest BCUT2D eigenvalue weighted by Gasteiger charge is -2.28. The van der Waals surface area contributed by atoms with Crippen molar-refractivity contribution in [3.05, 3.63) is 29.8 Å². The summed E-state index contributed by atoms with van der Waals surface area (Å²) in [7, 11) is 1.90. The van der Waals surface area contributed by atoms with Gasteiger partial charge in [-0.2, -0.15) is 11.8 Å². The summed E-state index contributed by atoms with van der Waals surface area (Å²) in [6.45, 7) is 1.58. The zero-order chi connectivity index (χ0) is 13.0. The van der Waals surface area contributed by atoms with Crippen LogP contribution in [0.2, 0.25) is 0 Å². The topological polar surface area (TPSA) is 32.3 Å². The van der Waals surface area contributed by atoms with Gasteiger partial charge in [-0.15, -0.1) is 0 Å². The van der Waals surface area contributed by atoms with Crippen molar-refractivity contribution in [1.29, 1.82) is 0 Å². The van der Waals surface area contributed by atoms with Crippen LogP contribution in [0.25, 0.3) is 0 Å². The van der Waals surface area contributed by atoms with E-state index in [-0.39, 0.29) is 11.8 Å². The van der Waals surface area contributed by atoms with E-state index in [0.717, 1.165) is 25.3 Å². The molecule has 0 radical (unpaired) electrons. The number of hydrogen-bond acceptors (Lipinski definition) is 3. The number of nitrogens with zero attached hydrogens (tertiary/aromatic N) is 1. The second kappa shape index (κ2) is 6.14. The lowest BCUT2D eigenvalue weighted by molar-refractivity contribution is -0.133. The number of anilines is 1. The van der Waals surface area contributed by atoms with Crippen LogP contribution < -0.4 is 5.32 Å². The van der Waals surface area contributed by atoms with E-state index in [9.17, 15) is 4.79 Å². The Morgan fingerprint density at radius 1 is 1.50 bits per heavy atom. The molecule has 1 amide bonds. The highest BCUT2D eigenvalue weighted by Gasteiger charge is 2.26. The molecule has 0 aliphatic carbocycles. The number of amides is 1. The quantitative estimate of drug-likeness (QED) is 0.904. The molecule has 3 nitrogen and oxygen atoms in total. The zero-order valence-corrected chi connectivity index (χ0v) is 11.8. The number of hydrogen-bond donors (Lipinski definition) is 1. The zero-order valence-electron chi connectivity index (χ0n) is 11.0. The van der Waals surface area contributed by atoms with Crippen molar-refractivity contribution in [3.8, 4) is 0 Å². The van der Waals surface area contributed by atoms with Gasteiger partial charge in [0.2, 0.25) is 5.91 Å². The Kier molecular flexibility index (Phi) is 4.53. The molecule has 0 bridgehead atoms. The molecule has 0 fully saturated rings. The van der Waals surface area contributed by atoms with E-state index in [0.29, 0.717) is 0 Å². The Morgan fingerprint density at radius 2 is 2.28 bits per heavy atom. The van der Waals surface area contributed by atoms with Crippen molar-refractivity contribution in [1.82, 2.24) is 4.90 Å². The summed E-state index contributed by atoms with van der Waals surface area (Å²) in [6, 6.07) is 8.24. The highest BCUT2D eigenvalue weighted by Crippen LogP contribution is 2.25. The van der Waals surface area contributed by atoms with Crippen molar-refractivity contribution in [3.63, 3.8) is 0 Å². The van der Waals surface area contributed by atoms with Gasteiger partial charge in [-0.1, -0.05) is 18.2 Å². The Morgan fingerprint density at radius 3 is 3.06 bits per heavy atom. The molecular formula is C14H20N2OS. The lowest BCUT2D eigenvalue weighted by Crippen LogP contribution is -2.40. The molecule has 2 rings (SSSR count). The molecule has 1 atom stereocenters. The number of fused-ring (bicyclic) bond motifs is 1. The van der Waals surface area contributed by atoms with Crippen molar-refractivity contribution >= 4 is 23.4 Å². The van der Waals surface area contributed by atoms with E-state index >= 15 is 0 Å². The summed E-state index contributed by atoms with van der Waals surface area (Å²) < 4.78 is 0. The number of nitrogens with one attached hydrogen (secondary N) is 1. The smallest absolute Gasteiger partial charge is 0.227 e. The molecule has 1 aliphatic heterocycles. The van der Waals surface area contributed by atoms with Crippen molar-refractivity contribution in [2.45, 2.75) is 6.42 Å². The molecule has 1 aliphatic rings. The third-order valence-corrected chi connectivity index (χ3v) is 3.97. The first-order valence-electron chi connectivity index (χ1n) is 6.28. The summed E-state index contributed by atoms with van der Waals surface area (Å²) in [4.78, 5) is 14.1. The van der Waals surface area contributed by atoms with Crippen LogP contribution in [-0.4, -0.2) is 43.0 Å². The normalized spacial score (nSPS) is 17.8. The van der Waals surface area contributed by atoms with Gasteiger partial charge >= 0.3 is 0 Å². The molecule has 1 heterocycles. The standard InChI is InChI=1S/C14H20N2OS/c1-16(7-8-18-2)14(17)12-9-11-5-3-4-6-13(11)15-10-12/h3-6,12,15H,7-10H2,1-2H3. The highest BCUT2D eigenvalue weighted by molar-refractivity contribution is 7.98. The predicted octanol–water partition coefficient (Wildman–Crippen LogP) is 2.09. The molecule has 98 valence electrons. The van der Waals surface area contributed by atoms with Gasteiger partial charge in [0.05, 0.1) is 5.92 Å². The minimum Gasteiger partial charge on any atom is -0.384 e. The second-order valence-corrected chi connectivity index (χ2v) is 5.68. The van der Waals surface area contributed by atoms with Crippen LogP contribution >= 0.6 is 11.8 Å². The van der Waals surface area contributed by atoms with E-state index in [1.54, 1.807) is 11.8 Å². The van der Waals surface area contributed by atoms with Gasteiger partial charge in [-0.05, 0) is 24.3 Å². The number of thioether (sulfide) groups is 1. The van der Waals surface area contributed by atoms with Crippen LogP contribution in [0, 0.1) is 5.92 Å². The van der Waals surface area contributed by atoms with Crippen LogP contribution in [0.15, 0.2) is 24.3 Å². The highest BCUT2D eigenvalue weighted by atomic mass is 32.2. The van der Waals surface area contributed by atoms with Crippen LogP contribution in [0.1, 0.15) is 5.56 Å². The van der Waals surface area contributed by atoms with E-state index in [1.165, 1.54) is 11.3 Å². The lowest BCUT2D eigenvalue weighted by atomic mass is 9.93. The number of para-hydroxylation sites is 1. The monoisotopic (exact) mass is 264 g/mol. The van der Waals surface area contributed by atoms with Crippen LogP contribution in [0.5, 0.6) is 0 Å². The fourth-order valence-corrected chi connectivity index (χ4v) is 2.72. The maximum Gasteiger partial charge on any atom is 0.227 e. The van der Waals surface area contributed by atoms with Gasteiger partial charge in [0, 0.05) is 31.6 Å². The van der Waals surface area contributed by atoms with Crippen LogP contribution in [0.4, 0.5) is 5.69 Å². The largest absolute Gasteiger partial charge is 0.384 e. The average molecular weight is 264 g/mol. The fourth-order valence-electron chi connectivity index (χ4n) is 2.27. The molecular weight excluding hydrogens is 244 g/mol. The van der Waals surface area contributed by atoms with Crippen molar-refractivity contribution in [2.75, 3.05) is 37.5 Å². The maximum atomic E-state index is 12.3. The molecule has 18 heavy (non-hydrogen) atoms. The molecule has 0 saturated heterocycles. The Balaban J connectivity index is 1.98. The van der Waals surface area contributed by atoms with Gasteiger partial charge in [-0.25, -0.2) is 0 Å². The number of carbonyl (C=O) groups excluding carboxylic acids is 1. The van der Waals surface area contributed by atoms with Gasteiger partial charge in [0.15, 0.2) is 0 Å². The maximum absolute atomic E-state index is 12.3. The van der Waals surface area contributed by atoms with E-state index in [1.807, 2.05) is 24.1 Å². The Bertz CT molecular complexity index is 422. The molecule has 4 heteroatoms. The fraction of sp³-hybridized carbons (Fsp3) is 0.500. The molecule has 0 spiro atoms.